The van der Waals surface area contributed by atoms with E-state index in [0.717, 1.165) is 12.2 Å². The van der Waals surface area contributed by atoms with E-state index in [0.29, 0.717) is 0 Å². The average Bonchev–Trinajstić information content (AvgIpc) is 3.03. The fourth-order valence-corrected chi connectivity index (χ4v) is 3.00. The molecule has 0 aliphatic rings. The summed E-state index contributed by atoms with van der Waals surface area (Å²) in [4.78, 5) is 0. The zero-order chi connectivity index (χ0) is 16.1. The van der Waals surface area contributed by atoms with Crippen molar-refractivity contribution in [3.63, 3.8) is 0 Å². The van der Waals surface area contributed by atoms with Gasteiger partial charge in [-0.15, -0.1) is 5.10 Å². The summed E-state index contributed by atoms with van der Waals surface area (Å²) < 4.78 is 5.19. The first-order chi connectivity index (χ1) is 10.7. The van der Waals surface area contributed by atoms with Crippen LogP contribution in [0.3, 0.4) is 0 Å². The minimum Gasteiger partial charge on any atom is -0.342 e. The lowest BCUT2D eigenvalue weighted by molar-refractivity contribution is 0.289. The van der Waals surface area contributed by atoms with Crippen molar-refractivity contribution in [3.05, 3.63) is 12.0 Å². The van der Waals surface area contributed by atoms with Crippen molar-refractivity contribution in [2.45, 2.75) is 110 Å². The molecule has 0 saturated heterocycles. The van der Waals surface area contributed by atoms with Gasteiger partial charge in [0.05, 0.1) is 6.20 Å². The van der Waals surface area contributed by atoms with Crippen molar-refractivity contribution >= 4 is 0 Å². The summed E-state index contributed by atoms with van der Waals surface area (Å²) >= 11 is 0. The van der Waals surface area contributed by atoms with E-state index in [-0.39, 0.29) is 5.41 Å². The van der Waals surface area contributed by atoms with Gasteiger partial charge in [-0.2, -0.15) is 0 Å². The molecule has 1 rings (SSSR count). The zero-order valence-electron chi connectivity index (χ0n) is 15.1. The predicted molar refractivity (Wildman–Crippen MR) is 93.0 cm³/mol. The molecule has 0 fully saturated rings. The van der Waals surface area contributed by atoms with E-state index in [1.54, 1.807) is 6.20 Å². The smallest absolute Gasteiger partial charge is 0.162 e. The summed E-state index contributed by atoms with van der Waals surface area (Å²) in [6, 6.07) is 0. The Morgan fingerprint density at radius 1 is 0.818 bits per heavy atom. The maximum Gasteiger partial charge on any atom is 0.162 e. The molecule has 0 atom stereocenters. The van der Waals surface area contributed by atoms with E-state index in [1.807, 2.05) is 0 Å². The van der Waals surface area contributed by atoms with E-state index in [4.69, 9.17) is 4.52 Å². The van der Waals surface area contributed by atoms with Crippen LogP contribution in [0.25, 0.3) is 0 Å². The number of nitrogens with zero attached hydrogens (tertiary/aromatic N) is 2. The molecule has 0 unspecified atom stereocenters. The van der Waals surface area contributed by atoms with Gasteiger partial charge in [-0.3, -0.25) is 0 Å². The van der Waals surface area contributed by atoms with Crippen LogP contribution in [0.2, 0.25) is 0 Å². The van der Waals surface area contributed by atoms with Gasteiger partial charge in [0.25, 0.3) is 0 Å². The average molecular weight is 309 g/mol. The summed E-state index contributed by atoms with van der Waals surface area (Å²) in [5.41, 5.74) is 0.0714. The molecule has 0 amide bonds. The molecule has 0 bridgehead atoms. The van der Waals surface area contributed by atoms with E-state index in [1.165, 1.54) is 77.0 Å². The van der Waals surface area contributed by atoms with Crippen molar-refractivity contribution in [2.24, 2.45) is 0 Å². The standard InChI is InChI=1S/C19H36N2O/c1-4-5-6-7-8-9-10-11-12-13-14-15-16-19(2,3)18-17-20-21-22-18/h17H,4-16H2,1-3H3. The van der Waals surface area contributed by atoms with Crippen LogP contribution in [-0.2, 0) is 5.41 Å². The predicted octanol–water partition coefficient (Wildman–Crippen LogP) is 6.44. The topological polar surface area (TPSA) is 38.9 Å². The summed E-state index contributed by atoms with van der Waals surface area (Å²) in [7, 11) is 0. The summed E-state index contributed by atoms with van der Waals surface area (Å²) in [6.07, 6.45) is 19.7. The van der Waals surface area contributed by atoms with Crippen LogP contribution in [0.15, 0.2) is 10.7 Å². The molecule has 22 heavy (non-hydrogen) atoms. The van der Waals surface area contributed by atoms with Gasteiger partial charge >= 0.3 is 0 Å². The fraction of sp³-hybridized carbons (Fsp3) is 0.895. The van der Waals surface area contributed by atoms with Crippen molar-refractivity contribution in [3.8, 4) is 0 Å². The molecule has 3 nitrogen and oxygen atoms in total. The molecule has 0 aliphatic heterocycles. The van der Waals surface area contributed by atoms with Gasteiger partial charge in [0.15, 0.2) is 5.76 Å². The van der Waals surface area contributed by atoms with Crippen LogP contribution in [0, 0.1) is 0 Å². The van der Waals surface area contributed by atoms with E-state index < -0.39 is 0 Å². The van der Waals surface area contributed by atoms with Crippen LogP contribution in [-0.4, -0.2) is 10.4 Å². The van der Waals surface area contributed by atoms with Crippen molar-refractivity contribution < 1.29 is 4.52 Å². The monoisotopic (exact) mass is 308 g/mol. The Labute approximate surface area is 137 Å². The van der Waals surface area contributed by atoms with Gasteiger partial charge in [-0.25, -0.2) is 0 Å². The molecule has 0 aliphatic carbocycles. The highest BCUT2D eigenvalue weighted by Crippen LogP contribution is 2.28. The molecule has 1 aromatic rings. The molecular weight excluding hydrogens is 272 g/mol. The van der Waals surface area contributed by atoms with Gasteiger partial charge in [-0.05, 0) is 6.42 Å². The Kier molecular flexibility index (Phi) is 10.2. The maximum atomic E-state index is 5.19. The highest BCUT2D eigenvalue weighted by atomic mass is 16.5. The van der Waals surface area contributed by atoms with Gasteiger partial charge < -0.3 is 4.52 Å². The molecule has 0 spiro atoms. The third-order valence-electron chi connectivity index (χ3n) is 4.68. The van der Waals surface area contributed by atoms with Gasteiger partial charge in [0, 0.05) is 10.7 Å². The fourth-order valence-electron chi connectivity index (χ4n) is 3.00. The Bertz CT molecular complexity index is 346. The lowest BCUT2D eigenvalue weighted by atomic mass is 9.84. The Morgan fingerprint density at radius 2 is 1.32 bits per heavy atom. The Morgan fingerprint density at radius 3 is 1.77 bits per heavy atom. The second-order valence-corrected chi connectivity index (χ2v) is 7.30. The van der Waals surface area contributed by atoms with Crippen molar-refractivity contribution in [1.29, 1.82) is 0 Å². The molecule has 3 heteroatoms. The maximum absolute atomic E-state index is 5.19. The minimum absolute atomic E-state index is 0.0714. The minimum atomic E-state index is 0.0714. The number of hydrogen-bond acceptors (Lipinski definition) is 3. The van der Waals surface area contributed by atoms with Crippen LogP contribution in [0.4, 0.5) is 0 Å². The number of unbranched alkanes of at least 4 members (excludes halogenated alkanes) is 11. The summed E-state index contributed by atoms with van der Waals surface area (Å²) in [5, 5.41) is 7.35. The summed E-state index contributed by atoms with van der Waals surface area (Å²) in [5.74, 6) is 0.913. The lowest BCUT2D eigenvalue weighted by Gasteiger charge is -2.20. The first-order valence-corrected chi connectivity index (χ1v) is 9.44. The van der Waals surface area contributed by atoms with Gasteiger partial charge in [-0.1, -0.05) is 97.8 Å². The van der Waals surface area contributed by atoms with E-state index in [2.05, 4.69) is 31.1 Å². The normalized spacial score (nSPS) is 12.0. The first kappa shape index (κ1) is 19.2. The third-order valence-corrected chi connectivity index (χ3v) is 4.68. The van der Waals surface area contributed by atoms with Crippen LogP contribution in [0.1, 0.15) is 110 Å². The zero-order valence-corrected chi connectivity index (χ0v) is 15.1. The number of hydrogen-bond donors (Lipinski definition) is 0. The highest BCUT2D eigenvalue weighted by Gasteiger charge is 2.24. The third kappa shape index (κ3) is 8.55. The van der Waals surface area contributed by atoms with Crippen LogP contribution < -0.4 is 0 Å². The second kappa shape index (κ2) is 11.7. The molecular formula is C19H36N2O. The molecule has 1 aromatic heterocycles. The number of aromatic nitrogens is 2. The molecule has 0 aromatic carbocycles. The van der Waals surface area contributed by atoms with Crippen molar-refractivity contribution in [2.75, 3.05) is 0 Å². The van der Waals surface area contributed by atoms with Gasteiger partial charge in [0.1, 0.15) is 0 Å². The first-order valence-electron chi connectivity index (χ1n) is 9.44. The van der Waals surface area contributed by atoms with E-state index >= 15 is 0 Å². The van der Waals surface area contributed by atoms with Crippen LogP contribution >= 0.6 is 0 Å². The second-order valence-electron chi connectivity index (χ2n) is 7.30. The molecule has 1 heterocycles. The molecule has 0 saturated carbocycles. The largest absolute Gasteiger partial charge is 0.342 e. The Balaban J connectivity index is 1.88. The number of rotatable bonds is 14. The SMILES string of the molecule is CCCCCCCCCCCCCCC(C)(C)c1cnno1. The lowest BCUT2D eigenvalue weighted by Crippen LogP contribution is -2.15. The quantitative estimate of drug-likeness (QED) is 0.371. The molecule has 128 valence electrons. The van der Waals surface area contributed by atoms with Gasteiger partial charge in [0.2, 0.25) is 0 Å². The Hall–Kier alpha value is -0.860. The summed E-state index contributed by atoms with van der Waals surface area (Å²) in [6.45, 7) is 6.71. The molecule has 0 radical (unpaired) electrons. The van der Waals surface area contributed by atoms with E-state index in [9.17, 15) is 0 Å². The molecule has 0 N–H and O–H groups in total. The highest BCUT2D eigenvalue weighted by molar-refractivity contribution is 5.04. The van der Waals surface area contributed by atoms with Crippen molar-refractivity contribution in [1.82, 2.24) is 10.4 Å². The van der Waals surface area contributed by atoms with Crippen LogP contribution in [0.5, 0.6) is 0 Å².